The molecule has 0 amide bonds. The van der Waals surface area contributed by atoms with Crippen LogP contribution in [0.15, 0.2) is 48.5 Å². The molecule has 0 bridgehead atoms. The van der Waals surface area contributed by atoms with E-state index in [0.29, 0.717) is 15.3 Å². The Morgan fingerprint density at radius 1 is 1.17 bits per heavy atom. The van der Waals surface area contributed by atoms with Gasteiger partial charge in [0.15, 0.2) is 0 Å². The molecule has 2 aromatic carbocycles. The van der Waals surface area contributed by atoms with Gasteiger partial charge >= 0.3 is 145 Å². The van der Waals surface area contributed by atoms with E-state index in [2.05, 4.69) is 4.98 Å². The summed E-state index contributed by atoms with van der Waals surface area (Å²) >= 11 is 5.02. The van der Waals surface area contributed by atoms with Crippen molar-refractivity contribution in [3.05, 3.63) is 59.1 Å². The Kier molecular flexibility index (Phi) is 4.55. The van der Waals surface area contributed by atoms with E-state index in [1.807, 2.05) is 36.4 Å². The average Bonchev–Trinajstić information content (AvgIpc) is 2.55. The van der Waals surface area contributed by atoms with Crippen LogP contribution in [0.3, 0.4) is 0 Å². The summed E-state index contributed by atoms with van der Waals surface area (Å²) < 4.78 is 6.93. The van der Waals surface area contributed by atoms with Crippen molar-refractivity contribution in [3.8, 4) is 5.75 Å². The summed E-state index contributed by atoms with van der Waals surface area (Å²) in [6, 6.07) is 14.6. The van der Waals surface area contributed by atoms with Crippen molar-refractivity contribution in [2.75, 3.05) is 7.11 Å². The fraction of sp³-hybridized carbons (Fsp3) is 0.0588. The van der Waals surface area contributed by atoms with Crippen molar-refractivity contribution in [2.24, 2.45) is 0 Å². The quantitative estimate of drug-likeness (QED) is 0.693. The Morgan fingerprint density at radius 2 is 1.91 bits per heavy atom. The molecule has 0 spiro atoms. The number of hydrogen-bond donors (Lipinski definition) is 1. The van der Waals surface area contributed by atoms with Crippen LogP contribution in [0.2, 0.25) is 5.02 Å². The minimum atomic E-state index is -0.956. The first-order valence-electron chi connectivity index (χ1n) is 6.81. The first-order valence-corrected chi connectivity index (χ1v) is 9.29. The summed E-state index contributed by atoms with van der Waals surface area (Å²) in [7, 11) is 1.59. The zero-order valence-electron chi connectivity index (χ0n) is 12.2. The van der Waals surface area contributed by atoms with E-state index >= 15 is 0 Å². The molecule has 6 heteroatoms. The number of halogens is 1. The van der Waals surface area contributed by atoms with Gasteiger partial charge in [0.1, 0.15) is 0 Å². The molecule has 1 aromatic heterocycles. The monoisotopic (exact) mass is 389 g/mol. The molecular formula is C17H13AsClNO3. The molecule has 0 aliphatic carbocycles. The molecule has 0 saturated heterocycles. The Hall–Kier alpha value is -2.03. The van der Waals surface area contributed by atoms with E-state index in [0.717, 1.165) is 15.3 Å². The number of rotatable bonds is 4. The maximum atomic E-state index is 11.6. The SMILES string of the molecule is COc1ccc2cc(C(=O)O)c([AsH]c3ccc(Cl)cc3)nc2c1. The first-order chi connectivity index (χ1) is 11.1. The zero-order valence-corrected chi connectivity index (χ0v) is 15.1. The number of benzene rings is 2. The predicted molar refractivity (Wildman–Crippen MR) is 93.1 cm³/mol. The summed E-state index contributed by atoms with van der Waals surface area (Å²) in [5.41, 5.74) is 1.000. The number of fused-ring (bicyclic) bond motifs is 1. The van der Waals surface area contributed by atoms with Crippen LogP contribution < -0.4 is 13.6 Å². The van der Waals surface area contributed by atoms with Crippen LogP contribution in [0.4, 0.5) is 0 Å². The third-order valence-electron chi connectivity index (χ3n) is 3.36. The van der Waals surface area contributed by atoms with E-state index in [1.165, 1.54) is 0 Å². The van der Waals surface area contributed by atoms with Crippen LogP contribution in [-0.2, 0) is 0 Å². The van der Waals surface area contributed by atoms with E-state index < -0.39 is 21.7 Å². The van der Waals surface area contributed by atoms with Crippen molar-refractivity contribution in [3.63, 3.8) is 0 Å². The van der Waals surface area contributed by atoms with Gasteiger partial charge in [0, 0.05) is 0 Å². The van der Waals surface area contributed by atoms with Crippen LogP contribution in [0.5, 0.6) is 5.75 Å². The summed E-state index contributed by atoms with van der Waals surface area (Å²) in [4.78, 5) is 16.2. The van der Waals surface area contributed by atoms with Gasteiger partial charge in [-0.3, -0.25) is 0 Å². The second-order valence-corrected chi connectivity index (χ2v) is 8.05. The van der Waals surface area contributed by atoms with Gasteiger partial charge in [0.05, 0.1) is 0 Å². The van der Waals surface area contributed by atoms with Crippen LogP contribution in [0, 0.1) is 0 Å². The maximum absolute atomic E-state index is 11.6. The number of methoxy groups -OCH3 is 1. The fourth-order valence-electron chi connectivity index (χ4n) is 2.20. The average molecular weight is 390 g/mol. The number of carbonyl (C=O) groups is 1. The van der Waals surface area contributed by atoms with Crippen LogP contribution in [0.1, 0.15) is 10.4 Å². The van der Waals surface area contributed by atoms with Gasteiger partial charge in [-0.25, -0.2) is 0 Å². The number of carboxylic acids is 1. The molecule has 3 rings (SSSR count). The Morgan fingerprint density at radius 3 is 2.57 bits per heavy atom. The molecule has 1 heterocycles. The minimum absolute atomic E-state index is 0.262. The third kappa shape index (κ3) is 3.49. The number of aromatic carboxylic acids is 1. The molecule has 116 valence electrons. The van der Waals surface area contributed by atoms with E-state index in [1.54, 1.807) is 19.2 Å². The molecule has 1 N–H and O–H groups in total. The van der Waals surface area contributed by atoms with Gasteiger partial charge in [-0.15, -0.1) is 0 Å². The number of pyridine rings is 1. The second-order valence-electron chi connectivity index (χ2n) is 4.88. The van der Waals surface area contributed by atoms with Crippen LogP contribution >= 0.6 is 11.6 Å². The molecule has 0 aliphatic rings. The number of nitrogens with zero attached hydrogens (tertiary/aromatic N) is 1. The van der Waals surface area contributed by atoms with Crippen molar-refractivity contribution in [1.29, 1.82) is 0 Å². The van der Waals surface area contributed by atoms with Crippen molar-refractivity contribution in [1.82, 2.24) is 4.98 Å². The van der Waals surface area contributed by atoms with Crippen LogP contribution in [0.25, 0.3) is 10.9 Å². The topological polar surface area (TPSA) is 59.4 Å². The summed E-state index contributed by atoms with van der Waals surface area (Å²) in [6.07, 6.45) is 0. The molecule has 0 fully saturated rings. The molecule has 3 aromatic rings. The van der Waals surface area contributed by atoms with Crippen molar-refractivity contribution in [2.45, 2.75) is 0 Å². The summed E-state index contributed by atoms with van der Waals surface area (Å²) in [5, 5.41) is 10.9. The fourth-order valence-corrected chi connectivity index (χ4v) is 4.63. The molecule has 4 nitrogen and oxygen atoms in total. The van der Waals surface area contributed by atoms with Gasteiger partial charge in [-0.1, -0.05) is 0 Å². The van der Waals surface area contributed by atoms with E-state index in [9.17, 15) is 9.90 Å². The second kappa shape index (κ2) is 6.61. The Labute approximate surface area is 144 Å². The third-order valence-corrected chi connectivity index (χ3v) is 6.22. The molecule has 1 atom stereocenters. The molecule has 0 aliphatic heterocycles. The van der Waals surface area contributed by atoms with E-state index in [-0.39, 0.29) is 5.56 Å². The van der Waals surface area contributed by atoms with E-state index in [4.69, 9.17) is 16.3 Å². The molecule has 0 saturated carbocycles. The Bertz CT molecular complexity index is 881. The van der Waals surface area contributed by atoms with Gasteiger partial charge in [-0.05, 0) is 0 Å². The van der Waals surface area contributed by atoms with Gasteiger partial charge in [-0.2, -0.15) is 0 Å². The van der Waals surface area contributed by atoms with Crippen molar-refractivity contribution < 1.29 is 14.6 Å². The number of hydrogen-bond acceptors (Lipinski definition) is 3. The molecular weight excluding hydrogens is 377 g/mol. The van der Waals surface area contributed by atoms with Crippen molar-refractivity contribution >= 4 is 53.1 Å². The molecule has 0 radical (unpaired) electrons. The number of carboxylic acid groups (broad SMARTS) is 1. The predicted octanol–water partition coefficient (Wildman–Crippen LogP) is 1.98. The zero-order chi connectivity index (χ0) is 16.4. The summed E-state index contributed by atoms with van der Waals surface area (Å²) in [5.74, 6) is -0.256. The number of aromatic nitrogens is 1. The first kappa shape index (κ1) is 15.8. The standard InChI is InChI=1S/C17H13AsClNO3/c1-23-13-7-2-10-8-14(17(21)22)16(20-15(10)9-13)18-11-3-5-12(19)6-4-11/h2-9,18H,1H3,(H,21,22). The van der Waals surface area contributed by atoms with Crippen LogP contribution in [-0.4, -0.2) is 38.9 Å². The normalized spacial score (nSPS) is 11.2. The Balaban J connectivity index is 2.10. The molecule has 1 unspecified atom stereocenters. The summed E-state index contributed by atoms with van der Waals surface area (Å²) in [6.45, 7) is 0. The molecule has 23 heavy (non-hydrogen) atoms. The number of ether oxygens (including phenoxy) is 1. The van der Waals surface area contributed by atoms with Gasteiger partial charge in [0.2, 0.25) is 0 Å². The van der Waals surface area contributed by atoms with Gasteiger partial charge < -0.3 is 0 Å². The van der Waals surface area contributed by atoms with Gasteiger partial charge in [0.25, 0.3) is 0 Å².